The molecule has 1 aromatic carbocycles. The van der Waals surface area contributed by atoms with Crippen LogP contribution in [0.4, 0.5) is 0 Å². The number of unbranched alkanes of at least 4 members (excludes halogenated alkanes) is 1. The van der Waals surface area contributed by atoms with E-state index in [0.29, 0.717) is 0 Å². The first kappa shape index (κ1) is 14.2. The fourth-order valence-corrected chi connectivity index (χ4v) is 1.91. The lowest BCUT2D eigenvalue weighted by Gasteiger charge is -2.20. The van der Waals surface area contributed by atoms with E-state index in [-0.39, 0.29) is 11.5 Å². The molecule has 17 heavy (non-hydrogen) atoms. The molecule has 2 heteroatoms. The van der Waals surface area contributed by atoms with Crippen molar-refractivity contribution < 1.29 is 0 Å². The molecule has 96 valence electrons. The second kappa shape index (κ2) is 6.18. The van der Waals surface area contributed by atoms with E-state index < -0.39 is 0 Å². The van der Waals surface area contributed by atoms with Crippen molar-refractivity contribution >= 4 is 0 Å². The highest BCUT2D eigenvalue weighted by molar-refractivity contribution is 5.29. The zero-order valence-corrected chi connectivity index (χ0v) is 11.4. The van der Waals surface area contributed by atoms with Gasteiger partial charge in [-0.15, -0.1) is 0 Å². The maximum atomic E-state index is 6.15. The van der Waals surface area contributed by atoms with Crippen LogP contribution in [0.25, 0.3) is 0 Å². The molecule has 2 nitrogen and oxygen atoms in total. The van der Waals surface area contributed by atoms with Crippen LogP contribution in [0.3, 0.4) is 0 Å². The predicted molar refractivity (Wildman–Crippen MR) is 75.0 cm³/mol. The maximum absolute atomic E-state index is 6.15. The van der Waals surface area contributed by atoms with Gasteiger partial charge in [0.15, 0.2) is 0 Å². The average Bonchev–Trinajstić information content (AvgIpc) is 2.28. The zero-order valence-electron chi connectivity index (χ0n) is 11.4. The molecular weight excluding hydrogens is 208 g/mol. The SMILES string of the molecule is CC(C)(C)c1ccc([C@@H](N)CCCCN)cc1. The summed E-state index contributed by atoms with van der Waals surface area (Å²) in [5.41, 5.74) is 14.4. The van der Waals surface area contributed by atoms with E-state index in [1.165, 1.54) is 11.1 Å². The minimum atomic E-state index is 0.149. The molecule has 0 aliphatic rings. The topological polar surface area (TPSA) is 52.0 Å². The molecular formula is C15H26N2. The fourth-order valence-electron chi connectivity index (χ4n) is 1.91. The van der Waals surface area contributed by atoms with Gasteiger partial charge in [-0.05, 0) is 35.9 Å². The Bertz CT molecular complexity index is 322. The van der Waals surface area contributed by atoms with Gasteiger partial charge in [0.1, 0.15) is 0 Å². The first-order valence-corrected chi connectivity index (χ1v) is 6.51. The van der Waals surface area contributed by atoms with E-state index in [1.807, 2.05) is 0 Å². The third kappa shape index (κ3) is 4.49. The molecule has 0 heterocycles. The molecule has 0 spiro atoms. The third-order valence-electron chi connectivity index (χ3n) is 3.17. The van der Waals surface area contributed by atoms with E-state index in [2.05, 4.69) is 45.0 Å². The van der Waals surface area contributed by atoms with Gasteiger partial charge in [-0.2, -0.15) is 0 Å². The summed E-state index contributed by atoms with van der Waals surface area (Å²) in [6, 6.07) is 8.85. The van der Waals surface area contributed by atoms with Gasteiger partial charge < -0.3 is 11.5 Å². The van der Waals surface area contributed by atoms with Crippen LogP contribution in [-0.4, -0.2) is 6.54 Å². The smallest absolute Gasteiger partial charge is 0.0294 e. The molecule has 1 aromatic rings. The second-order valence-electron chi connectivity index (χ2n) is 5.76. The molecule has 0 bridgehead atoms. The van der Waals surface area contributed by atoms with Crippen LogP contribution in [0.15, 0.2) is 24.3 Å². The van der Waals surface area contributed by atoms with Crippen LogP contribution >= 0.6 is 0 Å². The first-order valence-electron chi connectivity index (χ1n) is 6.51. The quantitative estimate of drug-likeness (QED) is 0.769. The van der Waals surface area contributed by atoms with Crippen LogP contribution in [0.1, 0.15) is 57.2 Å². The molecule has 0 aromatic heterocycles. The lowest BCUT2D eigenvalue weighted by molar-refractivity contribution is 0.581. The van der Waals surface area contributed by atoms with E-state index in [4.69, 9.17) is 11.5 Å². The Kier molecular flexibility index (Phi) is 5.16. The summed E-state index contributed by atoms with van der Waals surface area (Å²) in [4.78, 5) is 0. The normalized spacial score (nSPS) is 13.7. The predicted octanol–water partition coefficient (Wildman–Crippen LogP) is 3.11. The van der Waals surface area contributed by atoms with Crippen LogP contribution in [0, 0.1) is 0 Å². The fraction of sp³-hybridized carbons (Fsp3) is 0.600. The summed E-state index contributed by atoms with van der Waals surface area (Å²) in [6.45, 7) is 7.44. The van der Waals surface area contributed by atoms with Crippen molar-refractivity contribution in [2.24, 2.45) is 11.5 Å². The standard InChI is InChI=1S/C15H26N2/c1-15(2,3)13-9-7-12(8-10-13)14(17)6-4-5-11-16/h7-10,14H,4-6,11,16-17H2,1-3H3/t14-/m0/s1. The van der Waals surface area contributed by atoms with Crippen molar-refractivity contribution in [3.63, 3.8) is 0 Å². The highest BCUT2D eigenvalue weighted by atomic mass is 14.6. The van der Waals surface area contributed by atoms with E-state index in [1.54, 1.807) is 0 Å². The minimum absolute atomic E-state index is 0.149. The van der Waals surface area contributed by atoms with Crippen LogP contribution in [0.5, 0.6) is 0 Å². The molecule has 0 saturated heterocycles. The summed E-state index contributed by atoms with van der Waals surface area (Å²) in [5, 5.41) is 0. The molecule has 0 aliphatic carbocycles. The molecule has 0 amide bonds. The van der Waals surface area contributed by atoms with Crippen molar-refractivity contribution in [3.05, 3.63) is 35.4 Å². The van der Waals surface area contributed by atoms with E-state index in [0.717, 1.165) is 25.8 Å². The molecule has 0 fully saturated rings. The van der Waals surface area contributed by atoms with Crippen LogP contribution in [0.2, 0.25) is 0 Å². The highest BCUT2D eigenvalue weighted by Gasteiger charge is 2.13. The Balaban J connectivity index is 2.61. The average molecular weight is 234 g/mol. The Morgan fingerprint density at radius 2 is 1.65 bits per heavy atom. The Morgan fingerprint density at radius 3 is 2.12 bits per heavy atom. The molecule has 0 radical (unpaired) electrons. The highest BCUT2D eigenvalue weighted by Crippen LogP contribution is 2.24. The van der Waals surface area contributed by atoms with Gasteiger partial charge in [0, 0.05) is 6.04 Å². The number of hydrogen-bond donors (Lipinski definition) is 2. The number of rotatable bonds is 5. The summed E-state index contributed by atoms with van der Waals surface area (Å²) in [7, 11) is 0. The lowest BCUT2D eigenvalue weighted by Crippen LogP contribution is -2.13. The molecule has 0 aliphatic heterocycles. The zero-order chi connectivity index (χ0) is 12.9. The maximum Gasteiger partial charge on any atom is 0.0294 e. The van der Waals surface area contributed by atoms with Gasteiger partial charge in [-0.1, -0.05) is 51.5 Å². The van der Waals surface area contributed by atoms with Gasteiger partial charge in [0.25, 0.3) is 0 Å². The number of nitrogens with two attached hydrogens (primary N) is 2. The van der Waals surface area contributed by atoms with Crippen molar-refractivity contribution in [1.82, 2.24) is 0 Å². The van der Waals surface area contributed by atoms with Gasteiger partial charge in [0.05, 0.1) is 0 Å². The minimum Gasteiger partial charge on any atom is -0.330 e. The summed E-state index contributed by atoms with van der Waals surface area (Å²) >= 11 is 0. The number of hydrogen-bond acceptors (Lipinski definition) is 2. The Hall–Kier alpha value is -0.860. The van der Waals surface area contributed by atoms with Gasteiger partial charge >= 0.3 is 0 Å². The Morgan fingerprint density at radius 1 is 1.06 bits per heavy atom. The Labute approximate surface area is 105 Å². The van der Waals surface area contributed by atoms with Crippen LogP contribution in [-0.2, 0) is 5.41 Å². The van der Waals surface area contributed by atoms with Crippen molar-refractivity contribution in [3.8, 4) is 0 Å². The molecule has 0 unspecified atom stereocenters. The van der Waals surface area contributed by atoms with E-state index >= 15 is 0 Å². The monoisotopic (exact) mass is 234 g/mol. The summed E-state index contributed by atoms with van der Waals surface area (Å²) < 4.78 is 0. The van der Waals surface area contributed by atoms with Gasteiger partial charge in [-0.3, -0.25) is 0 Å². The van der Waals surface area contributed by atoms with Crippen molar-refractivity contribution in [2.45, 2.75) is 51.5 Å². The lowest BCUT2D eigenvalue weighted by atomic mass is 9.86. The molecule has 1 atom stereocenters. The molecule has 1 rings (SSSR count). The summed E-state index contributed by atoms with van der Waals surface area (Å²) in [5.74, 6) is 0. The van der Waals surface area contributed by atoms with Crippen molar-refractivity contribution in [2.75, 3.05) is 6.54 Å². The molecule has 4 N–H and O–H groups in total. The largest absolute Gasteiger partial charge is 0.330 e. The van der Waals surface area contributed by atoms with E-state index in [9.17, 15) is 0 Å². The number of benzene rings is 1. The first-order chi connectivity index (χ1) is 7.95. The van der Waals surface area contributed by atoms with Crippen molar-refractivity contribution in [1.29, 1.82) is 0 Å². The van der Waals surface area contributed by atoms with Gasteiger partial charge in [0.2, 0.25) is 0 Å². The third-order valence-corrected chi connectivity index (χ3v) is 3.17. The molecule has 0 saturated carbocycles. The van der Waals surface area contributed by atoms with Gasteiger partial charge in [-0.25, -0.2) is 0 Å². The summed E-state index contributed by atoms with van der Waals surface area (Å²) in [6.07, 6.45) is 3.19. The second-order valence-corrected chi connectivity index (χ2v) is 5.76. The van der Waals surface area contributed by atoms with Crippen LogP contribution < -0.4 is 11.5 Å².